The minimum atomic E-state index is 0.178. The maximum absolute atomic E-state index is 6.31. The summed E-state index contributed by atoms with van der Waals surface area (Å²) in [6, 6.07) is 12.1. The predicted octanol–water partition coefficient (Wildman–Crippen LogP) is 6.25. The molecule has 1 unspecified atom stereocenters. The summed E-state index contributed by atoms with van der Waals surface area (Å²) in [6.07, 6.45) is 0.763. The molecule has 0 fully saturated rings. The minimum Gasteiger partial charge on any atom is -0.310 e. The molecule has 2 aromatic rings. The van der Waals surface area contributed by atoms with Gasteiger partial charge in [0.15, 0.2) is 0 Å². The first-order valence-corrected chi connectivity index (χ1v) is 9.27. The number of likely N-dealkylation sites (N-methyl/N-ethyl adjacent to an activating group) is 1. The number of nitrogens with one attached hydrogen (secondary N) is 1. The van der Waals surface area contributed by atoms with Crippen LogP contribution >= 0.6 is 61.7 Å². The van der Waals surface area contributed by atoms with Crippen molar-refractivity contribution in [3.63, 3.8) is 0 Å². The van der Waals surface area contributed by atoms with Crippen LogP contribution in [0.3, 0.4) is 0 Å². The van der Waals surface area contributed by atoms with E-state index in [0.29, 0.717) is 0 Å². The van der Waals surface area contributed by atoms with E-state index < -0.39 is 0 Å². The molecular weight excluding hydrogens is 484 g/mol. The van der Waals surface area contributed by atoms with E-state index in [2.05, 4.69) is 69.0 Å². The number of hydrogen-bond acceptors (Lipinski definition) is 1. The Labute approximate surface area is 157 Å². The average Bonchev–Trinajstić information content (AvgIpc) is 2.44. The van der Waals surface area contributed by atoms with Crippen LogP contribution in [0.2, 0.25) is 10.0 Å². The Hall–Kier alpha value is 0.190. The van der Waals surface area contributed by atoms with Crippen LogP contribution < -0.4 is 5.32 Å². The monoisotopic (exact) mass is 497 g/mol. The smallest absolute Gasteiger partial charge is 0.0453 e. The van der Waals surface area contributed by atoms with Crippen molar-refractivity contribution in [2.24, 2.45) is 0 Å². The standard InChI is InChI=1S/C16H15BrCl2IN/c1-2-21-16(12-8-10(17)6-7-15(12)20)9-11-13(18)4-3-5-14(11)19/h3-8,16,21H,2,9H2,1H3. The van der Waals surface area contributed by atoms with Gasteiger partial charge in [0.05, 0.1) is 0 Å². The minimum absolute atomic E-state index is 0.178. The van der Waals surface area contributed by atoms with Crippen LogP contribution in [0.25, 0.3) is 0 Å². The first-order valence-electron chi connectivity index (χ1n) is 6.64. The van der Waals surface area contributed by atoms with Crippen molar-refractivity contribution < 1.29 is 0 Å². The number of benzene rings is 2. The molecule has 1 nitrogen and oxygen atoms in total. The normalized spacial score (nSPS) is 12.4. The van der Waals surface area contributed by atoms with Crippen LogP contribution in [0.5, 0.6) is 0 Å². The molecular formula is C16H15BrCl2IN. The van der Waals surface area contributed by atoms with Gasteiger partial charge in [-0.1, -0.05) is 52.1 Å². The summed E-state index contributed by atoms with van der Waals surface area (Å²) in [7, 11) is 0. The van der Waals surface area contributed by atoms with E-state index in [1.54, 1.807) is 0 Å². The van der Waals surface area contributed by atoms with Gasteiger partial charge in [-0.3, -0.25) is 0 Å². The lowest BCUT2D eigenvalue weighted by molar-refractivity contribution is 0.547. The Balaban J connectivity index is 2.38. The van der Waals surface area contributed by atoms with E-state index in [9.17, 15) is 0 Å². The van der Waals surface area contributed by atoms with E-state index in [1.165, 1.54) is 9.13 Å². The number of hydrogen-bond donors (Lipinski definition) is 1. The van der Waals surface area contributed by atoms with Crippen molar-refractivity contribution in [3.05, 3.63) is 65.6 Å². The lowest BCUT2D eigenvalue weighted by Gasteiger charge is -2.21. The largest absolute Gasteiger partial charge is 0.310 e. The van der Waals surface area contributed by atoms with Crippen LogP contribution in [0.4, 0.5) is 0 Å². The van der Waals surface area contributed by atoms with Gasteiger partial charge in [0.2, 0.25) is 0 Å². The molecule has 1 N–H and O–H groups in total. The van der Waals surface area contributed by atoms with Gasteiger partial charge in [0.25, 0.3) is 0 Å². The SMILES string of the molecule is CCNC(Cc1c(Cl)cccc1Cl)c1cc(Br)ccc1I. The second kappa shape index (κ2) is 8.16. The zero-order chi connectivity index (χ0) is 15.4. The summed E-state index contributed by atoms with van der Waals surface area (Å²) in [5, 5.41) is 4.96. The number of halogens is 4. The first kappa shape index (κ1) is 17.5. The second-order valence-electron chi connectivity index (χ2n) is 4.68. The molecule has 0 heterocycles. The maximum Gasteiger partial charge on any atom is 0.0453 e. The highest BCUT2D eigenvalue weighted by atomic mass is 127. The molecule has 0 saturated carbocycles. The fourth-order valence-corrected chi connectivity index (χ4v) is 3.89. The molecule has 0 amide bonds. The molecule has 21 heavy (non-hydrogen) atoms. The van der Waals surface area contributed by atoms with Crippen LogP contribution in [0, 0.1) is 3.57 Å². The Morgan fingerprint density at radius 3 is 2.48 bits per heavy atom. The fraction of sp³-hybridized carbons (Fsp3) is 0.250. The highest BCUT2D eigenvalue weighted by Gasteiger charge is 2.17. The van der Waals surface area contributed by atoms with E-state index in [0.717, 1.165) is 33.0 Å². The lowest BCUT2D eigenvalue weighted by atomic mass is 9.98. The third-order valence-electron chi connectivity index (χ3n) is 3.25. The van der Waals surface area contributed by atoms with Gasteiger partial charge < -0.3 is 5.32 Å². The maximum atomic E-state index is 6.31. The van der Waals surface area contributed by atoms with Crippen molar-refractivity contribution in [1.82, 2.24) is 5.32 Å². The van der Waals surface area contributed by atoms with E-state index in [4.69, 9.17) is 23.2 Å². The molecule has 2 aromatic carbocycles. The third kappa shape index (κ3) is 4.58. The molecule has 0 aromatic heterocycles. The second-order valence-corrected chi connectivity index (χ2v) is 7.57. The zero-order valence-corrected chi connectivity index (χ0v) is 16.7. The topological polar surface area (TPSA) is 12.0 Å². The van der Waals surface area contributed by atoms with Crippen molar-refractivity contribution in [2.45, 2.75) is 19.4 Å². The molecule has 0 spiro atoms. The summed E-state index contributed by atoms with van der Waals surface area (Å²) >= 11 is 18.5. The molecule has 0 saturated heterocycles. The lowest BCUT2D eigenvalue weighted by Crippen LogP contribution is -2.24. The van der Waals surface area contributed by atoms with Crippen LogP contribution in [-0.4, -0.2) is 6.54 Å². The first-order chi connectivity index (χ1) is 10.0. The quantitative estimate of drug-likeness (QED) is 0.480. The van der Waals surface area contributed by atoms with Crippen molar-refractivity contribution in [2.75, 3.05) is 6.54 Å². The molecule has 112 valence electrons. The van der Waals surface area contributed by atoms with E-state index in [-0.39, 0.29) is 6.04 Å². The van der Waals surface area contributed by atoms with Gasteiger partial charge >= 0.3 is 0 Å². The Bertz CT molecular complexity index is 613. The Morgan fingerprint density at radius 2 is 1.86 bits per heavy atom. The number of rotatable bonds is 5. The van der Waals surface area contributed by atoms with Gasteiger partial charge in [-0.05, 0) is 77.0 Å². The zero-order valence-electron chi connectivity index (χ0n) is 11.5. The van der Waals surface area contributed by atoms with Crippen LogP contribution in [0.15, 0.2) is 40.9 Å². The summed E-state index contributed by atoms with van der Waals surface area (Å²) in [5.41, 5.74) is 2.24. The van der Waals surface area contributed by atoms with Crippen LogP contribution in [-0.2, 0) is 6.42 Å². The highest BCUT2D eigenvalue weighted by Crippen LogP contribution is 2.32. The van der Waals surface area contributed by atoms with Crippen LogP contribution in [0.1, 0.15) is 24.1 Å². The Morgan fingerprint density at radius 1 is 1.19 bits per heavy atom. The molecule has 0 radical (unpaired) electrons. The molecule has 0 bridgehead atoms. The van der Waals surface area contributed by atoms with E-state index in [1.807, 2.05) is 18.2 Å². The average molecular weight is 499 g/mol. The summed E-state index contributed by atoms with van der Waals surface area (Å²) in [4.78, 5) is 0. The summed E-state index contributed by atoms with van der Waals surface area (Å²) in [6.45, 7) is 2.99. The van der Waals surface area contributed by atoms with Gasteiger partial charge in [-0.15, -0.1) is 0 Å². The van der Waals surface area contributed by atoms with Crippen molar-refractivity contribution in [3.8, 4) is 0 Å². The molecule has 0 aliphatic carbocycles. The predicted molar refractivity (Wildman–Crippen MR) is 103 cm³/mol. The molecule has 0 aliphatic heterocycles. The molecule has 2 rings (SSSR count). The fourth-order valence-electron chi connectivity index (χ4n) is 2.25. The van der Waals surface area contributed by atoms with Gasteiger partial charge in [0.1, 0.15) is 0 Å². The molecule has 5 heteroatoms. The van der Waals surface area contributed by atoms with Gasteiger partial charge in [0, 0.05) is 24.1 Å². The highest BCUT2D eigenvalue weighted by molar-refractivity contribution is 14.1. The molecule has 0 aliphatic rings. The van der Waals surface area contributed by atoms with E-state index >= 15 is 0 Å². The molecule has 1 atom stereocenters. The third-order valence-corrected chi connectivity index (χ3v) is 5.44. The summed E-state index contributed by atoms with van der Waals surface area (Å²) < 4.78 is 2.30. The summed E-state index contributed by atoms with van der Waals surface area (Å²) in [5.74, 6) is 0. The van der Waals surface area contributed by atoms with Gasteiger partial charge in [-0.2, -0.15) is 0 Å². The Kier molecular flexibility index (Phi) is 6.81. The van der Waals surface area contributed by atoms with Crippen molar-refractivity contribution >= 4 is 61.7 Å². The van der Waals surface area contributed by atoms with Crippen molar-refractivity contribution in [1.29, 1.82) is 0 Å². The van der Waals surface area contributed by atoms with Gasteiger partial charge in [-0.25, -0.2) is 0 Å².